The Bertz CT molecular complexity index is 254. The standard InChI is InChI=1S/3C7H15N.3C2H6/c1-6(2)7-3-4-8-5-7;1-6(2)7-4-3-5-8-7;1-2-5-8-6-3-4-7-8;3*1-2/h2*6-8H,3-5H2,1-2H3;2-7H2,1H3;3*1-2H3. The van der Waals surface area contributed by atoms with Crippen molar-refractivity contribution in [2.75, 3.05) is 39.3 Å². The first-order chi connectivity index (χ1) is 14.5. The van der Waals surface area contributed by atoms with Crippen LogP contribution in [0, 0.1) is 17.8 Å². The van der Waals surface area contributed by atoms with Crippen molar-refractivity contribution in [1.29, 1.82) is 0 Å². The van der Waals surface area contributed by atoms with Gasteiger partial charge in [-0.2, -0.15) is 0 Å². The smallest absolute Gasteiger partial charge is 0.00905 e. The van der Waals surface area contributed by atoms with Gasteiger partial charge in [0.1, 0.15) is 0 Å². The van der Waals surface area contributed by atoms with E-state index in [1.54, 1.807) is 0 Å². The van der Waals surface area contributed by atoms with Crippen LogP contribution in [0.2, 0.25) is 0 Å². The fraction of sp³-hybridized carbons (Fsp3) is 1.00. The molecule has 3 rings (SSSR count). The molecular weight excluding hydrogens is 366 g/mol. The van der Waals surface area contributed by atoms with Gasteiger partial charge in [-0.25, -0.2) is 0 Å². The average molecular weight is 430 g/mol. The second-order valence-electron chi connectivity index (χ2n) is 8.49. The number of hydrogen-bond acceptors (Lipinski definition) is 3. The quantitative estimate of drug-likeness (QED) is 0.494. The van der Waals surface area contributed by atoms with Crippen LogP contribution >= 0.6 is 0 Å². The monoisotopic (exact) mass is 430 g/mol. The Morgan fingerprint density at radius 3 is 1.60 bits per heavy atom. The second-order valence-corrected chi connectivity index (χ2v) is 8.49. The van der Waals surface area contributed by atoms with Crippen LogP contribution in [0.5, 0.6) is 0 Å². The number of rotatable bonds is 4. The van der Waals surface area contributed by atoms with Gasteiger partial charge in [-0.1, -0.05) is 76.2 Å². The summed E-state index contributed by atoms with van der Waals surface area (Å²) < 4.78 is 0. The topological polar surface area (TPSA) is 27.3 Å². The van der Waals surface area contributed by atoms with Crippen LogP contribution in [-0.4, -0.2) is 50.2 Å². The molecule has 0 spiro atoms. The third-order valence-corrected chi connectivity index (χ3v) is 5.68. The van der Waals surface area contributed by atoms with Crippen LogP contribution in [0.3, 0.4) is 0 Å². The van der Waals surface area contributed by atoms with E-state index in [-0.39, 0.29) is 0 Å². The number of likely N-dealkylation sites (tertiary alicyclic amines) is 1. The fourth-order valence-corrected chi connectivity index (χ4v) is 3.85. The molecule has 3 heteroatoms. The maximum Gasteiger partial charge on any atom is 0.00905 e. The van der Waals surface area contributed by atoms with E-state index in [9.17, 15) is 0 Å². The number of hydrogen-bond donors (Lipinski definition) is 2. The molecule has 0 aromatic heterocycles. The van der Waals surface area contributed by atoms with Crippen LogP contribution in [0.4, 0.5) is 0 Å². The molecule has 3 nitrogen and oxygen atoms in total. The Kier molecular flexibility index (Phi) is 30.9. The zero-order chi connectivity index (χ0) is 23.8. The lowest BCUT2D eigenvalue weighted by atomic mass is 9.96. The summed E-state index contributed by atoms with van der Waals surface area (Å²) in [5.41, 5.74) is 0. The van der Waals surface area contributed by atoms with E-state index in [1.807, 2.05) is 41.5 Å². The predicted molar refractivity (Wildman–Crippen MR) is 142 cm³/mol. The van der Waals surface area contributed by atoms with Crippen LogP contribution in [0.1, 0.15) is 115 Å². The highest BCUT2D eigenvalue weighted by molar-refractivity contribution is 4.76. The Morgan fingerprint density at radius 1 is 0.767 bits per heavy atom. The summed E-state index contributed by atoms with van der Waals surface area (Å²) in [6.45, 7) is 31.2. The van der Waals surface area contributed by atoms with Crippen LogP contribution < -0.4 is 10.6 Å². The van der Waals surface area contributed by atoms with E-state index in [4.69, 9.17) is 0 Å². The predicted octanol–water partition coefficient (Wildman–Crippen LogP) is 7.22. The summed E-state index contributed by atoms with van der Waals surface area (Å²) in [6.07, 6.45) is 8.33. The van der Waals surface area contributed by atoms with E-state index < -0.39 is 0 Å². The van der Waals surface area contributed by atoms with E-state index in [1.165, 1.54) is 77.8 Å². The van der Waals surface area contributed by atoms with Crippen molar-refractivity contribution in [3.63, 3.8) is 0 Å². The van der Waals surface area contributed by atoms with Crippen molar-refractivity contribution in [2.45, 2.75) is 121 Å². The molecule has 2 N–H and O–H groups in total. The maximum absolute atomic E-state index is 3.46. The van der Waals surface area contributed by atoms with Gasteiger partial charge in [0.2, 0.25) is 0 Å². The molecule has 3 aliphatic rings. The van der Waals surface area contributed by atoms with E-state index in [0.29, 0.717) is 0 Å². The lowest BCUT2D eigenvalue weighted by Gasteiger charge is -2.12. The molecule has 2 atom stereocenters. The maximum atomic E-state index is 3.46. The summed E-state index contributed by atoms with van der Waals surface area (Å²) in [5, 5.41) is 6.81. The van der Waals surface area contributed by atoms with Crippen molar-refractivity contribution in [2.24, 2.45) is 17.8 Å². The largest absolute Gasteiger partial charge is 0.316 e. The summed E-state index contributed by atoms with van der Waals surface area (Å²) in [4.78, 5) is 2.54. The molecule has 0 bridgehead atoms. The summed E-state index contributed by atoms with van der Waals surface area (Å²) in [6, 6.07) is 0.815. The third-order valence-electron chi connectivity index (χ3n) is 5.68. The molecule has 0 saturated carbocycles. The first kappa shape index (κ1) is 34.5. The highest BCUT2D eigenvalue weighted by Gasteiger charge is 2.17. The fourth-order valence-electron chi connectivity index (χ4n) is 3.85. The zero-order valence-corrected chi connectivity index (χ0v) is 23.2. The Hall–Kier alpha value is -0.120. The molecular formula is C27H63N3. The SMILES string of the molecule is CC.CC.CC.CC(C)C1CCCN1.CC(C)C1CCNC1.CCCN1CCCC1. The normalized spacial score (nSPS) is 22.3. The van der Waals surface area contributed by atoms with Crippen LogP contribution in [0.15, 0.2) is 0 Å². The average Bonchev–Trinajstić information content (AvgIpc) is 3.57. The minimum absolute atomic E-state index is 0.815. The van der Waals surface area contributed by atoms with Crippen molar-refractivity contribution in [1.82, 2.24) is 15.5 Å². The third kappa shape index (κ3) is 19.8. The second kappa shape index (κ2) is 26.9. The molecule has 0 aliphatic carbocycles. The van der Waals surface area contributed by atoms with Crippen molar-refractivity contribution in [3.05, 3.63) is 0 Å². The zero-order valence-electron chi connectivity index (χ0n) is 23.2. The Labute approximate surface area is 193 Å². The van der Waals surface area contributed by atoms with E-state index in [0.717, 1.165) is 23.8 Å². The van der Waals surface area contributed by atoms with E-state index in [2.05, 4.69) is 50.2 Å². The van der Waals surface area contributed by atoms with Crippen molar-refractivity contribution < 1.29 is 0 Å². The van der Waals surface area contributed by atoms with Gasteiger partial charge in [-0.3, -0.25) is 0 Å². The summed E-state index contributed by atoms with van der Waals surface area (Å²) in [7, 11) is 0. The molecule has 30 heavy (non-hydrogen) atoms. The lowest BCUT2D eigenvalue weighted by Crippen LogP contribution is -2.26. The minimum atomic E-state index is 0.815. The Morgan fingerprint density at radius 2 is 1.33 bits per heavy atom. The van der Waals surface area contributed by atoms with Gasteiger partial charge >= 0.3 is 0 Å². The molecule has 186 valence electrons. The first-order valence-corrected chi connectivity index (χ1v) is 13.7. The molecule has 0 aromatic carbocycles. The van der Waals surface area contributed by atoms with E-state index >= 15 is 0 Å². The van der Waals surface area contributed by atoms with Gasteiger partial charge in [0.05, 0.1) is 0 Å². The summed E-state index contributed by atoms with van der Waals surface area (Å²) >= 11 is 0. The number of nitrogens with zero attached hydrogens (tertiary/aromatic N) is 1. The van der Waals surface area contributed by atoms with Crippen LogP contribution in [0.25, 0.3) is 0 Å². The molecule has 0 radical (unpaired) electrons. The van der Waals surface area contributed by atoms with Gasteiger partial charge in [0.15, 0.2) is 0 Å². The molecule has 3 heterocycles. The first-order valence-electron chi connectivity index (χ1n) is 13.7. The lowest BCUT2D eigenvalue weighted by molar-refractivity contribution is 0.339. The summed E-state index contributed by atoms with van der Waals surface area (Å²) in [5.74, 6) is 2.66. The van der Waals surface area contributed by atoms with Gasteiger partial charge in [0.25, 0.3) is 0 Å². The van der Waals surface area contributed by atoms with Gasteiger partial charge < -0.3 is 15.5 Å². The highest BCUT2D eigenvalue weighted by Crippen LogP contribution is 2.16. The molecule has 0 aromatic rings. The molecule has 3 saturated heterocycles. The molecule has 2 unspecified atom stereocenters. The molecule has 3 aliphatic heterocycles. The van der Waals surface area contributed by atoms with Gasteiger partial charge in [-0.05, 0) is 95.5 Å². The highest BCUT2D eigenvalue weighted by atomic mass is 15.1. The van der Waals surface area contributed by atoms with Crippen LogP contribution in [-0.2, 0) is 0 Å². The minimum Gasteiger partial charge on any atom is -0.316 e. The molecule has 0 amide bonds. The van der Waals surface area contributed by atoms with Crippen molar-refractivity contribution in [3.8, 4) is 0 Å². The molecule has 3 fully saturated rings. The van der Waals surface area contributed by atoms with Gasteiger partial charge in [-0.15, -0.1) is 0 Å². The Balaban J connectivity index is -0.000000323. The van der Waals surface area contributed by atoms with Crippen molar-refractivity contribution >= 4 is 0 Å². The number of nitrogens with one attached hydrogen (secondary N) is 2. The van der Waals surface area contributed by atoms with Gasteiger partial charge in [0, 0.05) is 6.04 Å².